The minimum atomic E-state index is -0.507. The number of hydrogen-bond donors (Lipinski definition) is 1. The highest BCUT2D eigenvalue weighted by Gasteiger charge is 2.41. The van der Waals surface area contributed by atoms with Crippen LogP contribution >= 0.6 is 0 Å². The molecule has 0 unspecified atom stereocenters. The fourth-order valence-electron chi connectivity index (χ4n) is 2.87. The van der Waals surface area contributed by atoms with Crippen LogP contribution in [0, 0.1) is 0 Å². The van der Waals surface area contributed by atoms with E-state index in [1.165, 1.54) is 7.11 Å². The highest BCUT2D eigenvalue weighted by atomic mass is 16.7. The lowest BCUT2D eigenvalue weighted by atomic mass is 10.0. The highest BCUT2D eigenvalue weighted by Crippen LogP contribution is 2.34. The van der Waals surface area contributed by atoms with Crippen molar-refractivity contribution in [3.05, 3.63) is 23.8 Å². The molecule has 114 valence electrons. The first kappa shape index (κ1) is 14.2. The summed E-state index contributed by atoms with van der Waals surface area (Å²) in [6.07, 6.45) is 1.31. The molecule has 2 heterocycles. The van der Waals surface area contributed by atoms with E-state index < -0.39 is 5.79 Å². The van der Waals surface area contributed by atoms with Crippen molar-refractivity contribution in [1.82, 2.24) is 4.90 Å². The second kappa shape index (κ2) is 5.54. The monoisotopic (exact) mass is 293 g/mol. The molecule has 1 aromatic carbocycles. The van der Waals surface area contributed by atoms with Gasteiger partial charge in [-0.25, -0.2) is 0 Å². The molecule has 1 amide bonds. The number of benzene rings is 1. The molecule has 2 aliphatic heterocycles. The largest absolute Gasteiger partial charge is 0.504 e. The summed E-state index contributed by atoms with van der Waals surface area (Å²) in [6.45, 7) is 2.33. The zero-order chi connectivity index (χ0) is 14.9. The van der Waals surface area contributed by atoms with Crippen LogP contribution in [0.15, 0.2) is 18.2 Å². The van der Waals surface area contributed by atoms with Crippen LogP contribution in [-0.4, -0.2) is 55.1 Å². The number of piperidine rings is 1. The maximum Gasteiger partial charge on any atom is 0.257 e. The van der Waals surface area contributed by atoms with Gasteiger partial charge in [0.05, 0.1) is 25.9 Å². The number of ether oxygens (including phenoxy) is 3. The van der Waals surface area contributed by atoms with Crippen LogP contribution in [0.3, 0.4) is 0 Å². The lowest BCUT2D eigenvalue weighted by Crippen LogP contribution is -2.47. The Labute approximate surface area is 123 Å². The fraction of sp³-hybridized carbons (Fsp3) is 0.533. The van der Waals surface area contributed by atoms with Crippen molar-refractivity contribution < 1.29 is 24.1 Å². The molecule has 2 aliphatic rings. The summed E-state index contributed by atoms with van der Waals surface area (Å²) in [6, 6.07) is 4.92. The maximum atomic E-state index is 12.5. The Morgan fingerprint density at radius 3 is 2.57 bits per heavy atom. The molecule has 1 N–H and O–H groups in total. The summed E-state index contributed by atoms with van der Waals surface area (Å²) in [7, 11) is 1.46. The van der Waals surface area contributed by atoms with E-state index in [1.807, 2.05) is 0 Å². The van der Waals surface area contributed by atoms with E-state index in [9.17, 15) is 9.90 Å². The molecular formula is C15H19NO5. The normalized spacial score (nSPS) is 20.7. The van der Waals surface area contributed by atoms with Gasteiger partial charge in [0.1, 0.15) is 0 Å². The Morgan fingerprint density at radius 2 is 1.95 bits per heavy atom. The number of hydrogen-bond acceptors (Lipinski definition) is 5. The number of methoxy groups -OCH3 is 1. The topological polar surface area (TPSA) is 68.2 Å². The highest BCUT2D eigenvalue weighted by molar-refractivity contribution is 5.97. The molecule has 3 rings (SSSR count). The molecule has 0 bridgehead atoms. The van der Waals surface area contributed by atoms with Crippen molar-refractivity contribution in [3.8, 4) is 11.5 Å². The van der Waals surface area contributed by atoms with Gasteiger partial charge in [-0.2, -0.15) is 0 Å². The summed E-state index contributed by atoms with van der Waals surface area (Å²) in [5.74, 6) is -0.512. The molecule has 6 heteroatoms. The van der Waals surface area contributed by atoms with Gasteiger partial charge in [0.15, 0.2) is 17.3 Å². The minimum Gasteiger partial charge on any atom is -0.504 e. The molecule has 2 fully saturated rings. The molecule has 21 heavy (non-hydrogen) atoms. The number of aromatic hydroxyl groups is 1. The second-order valence-electron chi connectivity index (χ2n) is 5.26. The van der Waals surface area contributed by atoms with Crippen molar-refractivity contribution in [3.63, 3.8) is 0 Å². The summed E-state index contributed by atoms with van der Waals surface area (Å²) < 4.78 is 16.3. The maximum absolute atomic E-state index is 12.5. The lowest BCUT2D eigenvalue weighted by Gasteiger charge is -2.37. The minimum absolute atomic E-state index is 0.112. The van der Waals surface area contributed by atoms with Gasteiger partial charge in [-0.15, -0.1) is 0 Å². The van der Waals surface area contributed by atoms with Crippen LogP contribution < -0.4 is 4.74 Å². The molecule has 2 saturated heterocycles. The number of phenols is 1. The third-order valence-electron chi connectivity index (χ3n) is 4.08. The number of amides is 1. The predicted octanol–water partition coefficient (Wildman–Crippen LogP) is 1.38. The standard InChI is InChI=1S/C15H19NO5/c1-19-12-4-2-3-11(13(12)17)14(18)16-7-5-15(6-8-16)20-9-10-21-15/h2-4,17H,5-10H2,1H3. The molecule has 0 aromatic heterocycles. The number of carbonyl (C=O) groups is 1. The molecular weight excluding hydrogens is 274 g/mol. The SMILES string of the molecule is COc1cccc(C(=O)N2CCC3(CC2)OCCO3)c1O. The van der Waals surface area contributed by atoms with E-state index in [2.05, 4.69) is 0 Å². The predicted molar refractivity (Wildman–Crippen MR) is 74.4 cm³/mol. The van der Waals surface area contributed by atoms with Gasteiger partial charge in [-0.3, -0.25) is 4.79 Å². The summed E-state index contributed by atoms with van der Waals surface area (Å²) >= 11 is 0. The van der Waals surface area contributed by atoms with E-state index in [4.69, 9.17) is 14.2 Å². The van der Waals surface area contributed by atoms with Gasteiger partial charge in [0.2, 0.25) is 0 Å². The molecule has 0 radical (unpaired) electrons. The molecule has 0 atom stereocenters. The number of likely N-dealkylation sites (tertiary alicyclic amines) is 1. The molecule has 1 aromatic rings. The van der Waals surface area contributed by atoms with Crippen molar-refractivity contribution in [2.75, 3.05) is 33.4 Å². The Hall–Kier alpha value is -1.79. The molecule has 1 spiro atoms. The summed E-state index contributed by atoms with van der Waals surface area (Å²) in [4.78, 5) is 14.2. The van der Waals surface area contributed by atoms with Crippen molar-refractivity contribution in [1.29, 1.82) is 0 Å². The Kier molecular flexibility index (Phi) is 3.73. The smallest absolute Gasteiger partial charge is 0.257 e. The fourth-order valence-corrected chi connectivity index (χ4v) is 2.87. The number of nitrogens with zero attached hydrogens (tertiary/aromatic N) is 1. The first-order valence-electron chi connectivity index (χ1n) is 7.08. The van der Waals surface area contributed by atoms with E-state index in [0.717, 1.165) is 0 Å². The summed E-state index contributed by atoms with van der Waals surface area (Å²) in [5, 5.41) is 10.1. The van der Waals surface area contributed by atoms with Crippen LogP contribution in [0.2, 0.25) is 0 Å². The van der Waals surface area contributed by atoms with Crippen LogP contribution in [0.4, 0.5) is 0 Å². The molecule has 6 nitrogen and oxygen atoms in total. The van der Waals surface area contributed by atoms with Gasteiger partial charge < -0.3 is 24.2 Å². The van der Waals surface area contributed by atoms with Gasteiger partial charge in [-0.1, -0.05) is 6.07 Å². The summed E-state index contributed by atoms with van der Waals surface area (Å²) in [5.41, 5.74) is 0.263. The first-order valence-corrected chi connectivity index (χ1v) is 7.08. The van der Waals surface area contributed by atoms with Gasteiger partial charge in [0.25, 0.3) is 5.91 Å². The van der Waals surface area contributed by atoms with Crippen LogP contribution in [-0.2, 0) is 9.47 Å². The number of carbonyl (C=O) groups excluding carboxylic acids is 1. The lowest BCUT2D eigenvalue weighted by molar-refractivity contribution is -0.181. The third kappa shape index (κ3) is 2.56. The van der Waals surface area contributed by atoms with E-state index >= 15 is 0 Å². The van der Waals surface area contributed by atoms with Crippen LogP contribution in [0.5, 0.6) is 11.5 Å². The quantitative estimate of drug-likeness (QED) is 0.892. The number of rotatable bonds is 2. The zero-order valence-corrected chi connectivity index (χ0v) is 12.0. The van der Waals surface area contributed by atoms with Crippen LogP contribution in [0.25, 0.3) is 0 Å². The van der Waals surface area contributed by atoms with Gasteiger partial charge in [-0.05, 0) is 12.1 Å². The average molecular weight is 293 g/mol. The van der Waals surface area contributed by atoms with Crippen molar-refractivity contribution in [2.45, 2.75) is 18.6 Å². The van der Waals surface area contributed by atoms with Gasteiger partial charge >= 0.3 is 0 Å². The zero-order valence-electron chi connectivity index (χ0n) is 12.0. The Morgan fingerprint density at radius 1 is 1.29 bits per heavy atom. The van der Waals surface area contributed by atoms with E-state index in [0.29, 0.717) is 44.9 Å². The number of para-hydroxylation sites is 1. The third-order valence-corrected chi connectivity index (χ3v) is 4.08. The Balaban J connectivity index is 1.72. The first-order chi connectivity index (χ1) is 10.2. The second-order valence-corrected chi connectivity index (χ2v) is 5.26. The van der Waals surface area contributed by atoms with E-state index in [1.54, 1.807) is 23.1 Å². The average Bonchev–Trinajstić information content (AvgIpc) is 2.96. The van der Waals surface area contributed by atoms with E-state index in [-0.39, 0.29) is 17.2 Å². The van der Waals surface area contributed by atoms with Crippen LogP contribution in [0.1, 0.15) is 23.2 Å². The van der Waals surface area contributed by atoms with Gasteiger partial charge in [0, 0.05) is 25.9 Å². The molecule has 0 saturated carbocycles. The van der Waals surface area contributed by atoms with Crippen molar-refractivity contribution >= 4 is 5.91 Å². The molecule has 0 aliphatic carbocycles. The Bertz CT molecular complexity index is 529. The van der Waals surface area contributed by atoms with Crippen molar-refractivity contribution in [2.24, 2.45) is 0 Å². The number of phenolic OH excluding ortho intramolecular Hbond substituents is 1.